The number of hydrogen-bond donors (Lipinski definition) is 1. The Bertz CT molecular complexity index is 495. The van der Waals surface area contributed by atoms with E-state index >= 15 is 0 Å². The molecule has 0 heterocycles. The first-order valence-corrected chi connectivity index (χ1v) is 6.14. The first-order chi connectivity index (χ1) is 8.67. The van der Waals surface area contributed by atoms with E-state index < -0.39 is 17.8 Å². The third-order valence-electron chi connectivity index (χ3n) is 1.70. The smallest absolute Gasteiger partial charge is 0.428 e. The SMILES string of the molecule is CC(C)(C)OC(=O)Oc1cc(Br)ccc1OC(N)=O. The number of amides is 1. The van der Waals surface area contributed by atoms with E-state index in [0.717, 1.165) is 0 Å². The van der Waals surface area contributed by atoms with Crippen molar-refractivity contribution in [1.29, 1.82) is 0 Å². The van der Waals surface area contributed by atoms with Crippen LogP contribution in [-0.4, -0.2) is 17.8 Å². The molecule has 0 spiro atoms. The number of primary amides is 1. The average molecular weight is 332 g/mol. The predicted octanol–water partition coefficient (Wildman–Crippen LogP) is 3.22. The van der Waals surface area contributed by atoms with Crippen LogP contribution in [0.4, 0.5) is 9.59 Å². The Kier molecular flexibility index (Phi) is 4.77. The Hall–Kier alpha value is -1.76. The summed E-state index contributed by atoms with van der Waals surface area (Å²) in [5.74, 6) is 0.0592. The molecule has 1 rings (SSSR count). The first-order valence-electron chi connectivity index (χ1n) is 5.35. The van der Waals surface area contributed by atoms with Gasteiger partial charge in [0, 0.05) is 4.47 Å². The summed E-state index contributed by atoms with van der Waals surface area (Å²) in [4.78, 5) is 22.3. The highest BCUT2D eigenvalue weighted by molar-refractivity contribution is 9.10. The molecule has 0 atom stereocenters. The molecule has 0 aliphatic heterocycles. The van der Waals surface area contributed by atoms with Crippen molar-refractivity contribution in [3.05, 3.63) is 22.7 Å². The van der Waals surface area contributed by atoms with E-state index in [4.69, 9.17) is 19.9 Å². The third-order valence-corrected chi connectivity index (χ3v) is 2.19. The third kappa shape index (κ3) is 5.60. The van der Waals surface area contributed by atoms with E-state index in [1.54, 1.807) is 26.8 Å². The van der Waals surface area contributed by atoms with Crippen molar-refractivity contribution >= 4 is 28.2 Å². The fourth-order valence-electron chi connectivity index (χ4n) is 1.11. The Morgan fingerprint density at radius 3 is 2.32 bits per heavy atom. The van der Waals surface area contributed by atoms with Crippen LogP contribution in [0, 0.1) is 0 Å². The zero-order valence-corrected chi connectivity index (χ0v) is 12.3. The molecule has 0 aliphatic rings. The van der Waals surface area contributed by atoms with Crippen molar-refractivity contribution in [1.82, 2.24) is 0 Å². The number of nitrogens with two attached hydrogens (primary N) is 1. The van der Waals surface area contributed by atoms with Crippen LogP contribution in [0.25, 0.3) is 0 Å². The maximum Gasteiger partial charge on any atom is 0.514 e. The average Bonchev–Trinajstić information content (AvgIpc) is 2.18. The van der Waals surface area contributed by atoms with E-state index in [1.165, 1.54) is 12.1 Å². The molecule has 0 fully saturated rings. The lowest BCUT2D eigenvalue weighted by atomic mass is 10.2. The molecule has 0 radical (unpaired) electrons. The Morgan fingerprint density at radius 2 is 1.79 bits per heavy atom. The molecule has 19 heavy (non-hydrogen) atoms. The molecule has 0 aromatic heterocycles. The normalized spacial score (nSPS) is 10.7. The molecule has 1 aromatic carbocycles. The van der Waals surface area contributed by atoms with Gasteiger partial charge in [0.2, 0.25) is 0 Å². The molecule has 0 aliphatic carbocycles. The van der Waals surface area contributed by atoms with Gasteiger partial charge in [-0.2, -0.15) is 0 Å². The lowest BCUT2D eigenvalue weighted by Gasteiger charge is -2.19. The fourth-order valence-corrected chi connectivity index (χ4v) is 1.46. The molecule has 7 heteroatoms. The summed E-state index contributed by atoms with van der Waals surface area (Å²) in [7, 11) is 0. The maximum atomic E-state index is 11.5. The van der Waals surface area contributed by atoms with Crippen LogP contribution in [0.5, 0.6) is 11.5 Å². The number of carbonyl (C=O) groups is 2. The summed E-state index contributed by atoms with van der Waals surface area (Å²) in [6.07, 6.45) is -1.91. The summed E-state index contributed by atoms with van der Waals surface area (Å²) in [5, 5.41) is 0. The van der Waals surface area contributed by atoms with Crippen molar-refractivity contribution in [3.63, 3.8) is 0 Å². The van der Waals surface area contributed by atoms with E-state index in [1.807, 2.05) is 0 Å². The highest BCUT2D eigenvalue weighted by atomic mass is 79.9. The minimum absolute atomic E-state index is 0.0292. The topological polar surface area (TPSA) is 87.8 Å². The number of halogens is 1. The number of hydrogen-bond acceptors (Lipinski definition) is 5. The number of rotatable bonds is 2. The van der Waals surface area contributed by atoms with Gasteiger partial charge in [-0.3, -0.25) is 0 Å². The molecule has 0 saturated carbocycles. The molecule has 2 N–H and O–H groups in total. The summed E-state index contributed by atoms with van der Waals surface area (Å²) in [5.41, 5.74) is 4.23. The van der Waals surface area contributed by atoms with Gasteiger partial charge in [0.25, 0.3) is 0 Å². The molecule has 0 bridgehead atoms. The summed E-state index contributed by atoms with van der Waals surface area (Å²) >= 11 is 3.21. The second-order valence-electron chi connectivity index (χ2n) is 4.58. The number of benzene rings is 1. The lowest BCUT2D eigenvalue weighted by molar-refractivity contribution is 0.0201. The van der Waals surface area contributed by atoms with Gasteiger partial charge in [0.1, 0.15) is 5.60 Å². The van der Waals surface area contributed by atoms with Crippen LogP contribution in [0.15, 0.2) is 22.7 Å². The second kappa shape index (κ2) is 5.92. The fraction of sp³-hybridized carbons (Fsp3) is 0.333. The van der Waals surface area contributed by atoms with Gasteiger partial charge in [0.15, 0.2) is 11.5 Å². The van der Waals surface area contributed by atoms with E-state index in [2.05, 4.69) is 15.9 Å². The highest BCUT2D eigenvalue weighted by Gasteiger charge is 2.20. The zero-order valence-electron chi connectivity index (χ0n) is 10.7. The molecular weight excluding hydrogens is 318 g/mol. The highest BCUT2D eigenvalue weighted by Crippen LogP contribution is 2.31. The van der Waals surface area contributed by atoms with E-state index in [0.29, 0.717) is 4.47 Å². The summed E-state index contributed by atoms with van der Waals surface area (Å²) < 4.78 is 15.3. The number of ether oxygens (including phenoxy) is 3. The molecule has 6 nitrogen and oxygen atoms in total. The lowest BCUT2D eigenvalue weighted by Crippen LogP contribution is -2.26. The molecular formula is C12H14BrNO5. The van der Waals surface area contributed by atoms with Crippen molar-refractivity contribution in [3.8, 4) is 11.5 Å². The van der Waals surface area contributed by atoms with Crippen LogP contribution in [0.2, 0.25) is 0 Å². The van der Waals surface area contributed by atoms with Crippen LogP contribution in [0.3, 0.4) is 0 Å². The van der Waals surface area contributed by atoms with Crippen molar-refractivity contribution in [2.45, 2.75) is 26.4 Å². The van der Waals surface area contributed by atoms with Gasteiger partial charge in [-0.15, -0.1) is 0 Å². The minimum Gasteiger partial charge on any atom is -0.428 e. The Morgan fingerprint density at radius 1 is 1.16 bits per heavy atom. The van der Waals surface area contributed by atoms with Gasteiger partial charge in [-0.05, 0) is 39.0 Å². The standard InChI is InChI=1S/C12H14BrNO5/c1-12(2,3)19-11(16)18-9-6-7(13)4-5-8(9)17-10(14)15/h4-6H,1-3H3,(H2,14,15). The van der Waals surface area contributed by atoms with Crippen LogP contribution in [-0.2, 0) is 4.74 Å². The first kappa shape index (κ1) is 15.3. The van der Waals surface area contributed by atoms with Gasteiger partial charge in [-0.25, -0.2) is 9.59 Å². The molecule has 0 saturated heterocycles. The predicted molar refractivity (Wildman–Crippen MR) is 71.2 cm³/mol. The zero-order chi connectivity index (χ0) is 14.6. The van der Waals surface area contributed by atoms with Gasteiger partial charge in [-0.1, -0.05) is 15.9 Å². The van der Waals surface area contributed by atoms with E-state index in [-0.39, 0.29) is 11.5 Å². The van der Waals surface area contributed by atoms with Crippen molar-refractivity contribution in [2.24, 2.45) is 5.73 Å². The molecule has 104 valence electrons. The minimum atomic E-state index is -1.00. The monoisotopic (exact) mass is 331 g/mol. The van der Waals surface area contributed by atoms with Gasteiger partial charge in [0.05, 0.1) is 0 Å². The molecule has 1 aromatic rings. The summed E-state index contributed by atoms with van der Waals surface area (Å²) in [6, 6.07) is 4.51. The van der Waals surface area contributed by atoms with Crippen LogP contribution < -0.4 is 15.2 Å². The van der Waals surface area contributed by atoms with Crippen molar-refractivity contribution in [2.75, 3.05) is 0 Å². The molecule has 1 amide bonds. The van der Waals surface area contributed by atoms with Gasteiger partial charge >= 0.3 is 12.2 Å². The number of carbonyl (C=O) groups excluding carboxylic acids is 2. The van der Waals surface area contributed by atoms with Crippen molar-refractivity contribution < 1.29 is 23.8 Å². The van der Waals surface area contributed by atoms with Crippen LogP contribution >= 0.6 is 15.9 Å². The van der Waals surface area contributed by atoms with Crippen LogP contribution in [0.1, 0.15) is 20.8 Å². The summed E-state index contributed by atoms with van der Waals surface area (Å²) in [6.45, 7) is 5.11. The maximum absolute atomic E-state index is 11.5. The second-order valence-corrected chi connectivity index (χ2v) is 5.49. The molecule has 0 unspecified atom stereocenters. The van der Waals surface area contributed by atoms with E-state index in [9.17, 15) is 9.59 Å². The Balaban J connectivity index is 2.89. The van der Waals surface area contributed by atoms with Gasteiger partial charge < -0.3 is 19.9 Å². The quantitative estimate of drug-likeness (QED) is 0.664. The largest absolute Gasteiger partial charge is 0.514 e. The Labute approximate surface area is 118 Å².